The van der Waals surface area contributed by atoms with Crippen molar-refractivity contribution in [1.82, 2.24) is 0 Å². The minimum Gasteiger partial charge on any atom is -0.222 e. The summed E-state index contributed by atoms with van der Waals surface area (Å²) in [4.78, 5) is 8.35. The van der Waals surface area contributed by atoms with Gasteiger partial charge in [-0.25, -0.2) is 10.2 Å². The van der Waals surface area contributed by atoms with Crippen molar-refractivity contribution in [3.63, 3.8) is 0 Å². The Bertz CT molecular complexity index is 395. The molecule has 0 heterocycles. The topological polar surface area (TPSA) is 40.9 Å². The smallest absolute Gasteiger partial charge is 0.222 e. The molecule has 0 bridgehead atoms. The maximum Gasteiger partial charge on any atom is 0.231 e. The number of nitrogens with one attached hydrogen (secondary N) is 1. The van der Waals surface area contributed by atoms with E-state index in [0.717, 1.165) is 17.9 Å². The molecule has 0 amide bonds. The van der Waals surface area contributed by atoms with E-state index in [1.54, 1.807) is 11.1 Å². The Labute approximate surface area is 156 Å². The summed E-state index contributed by atoms with van der Waals surface area (Å²) in [5.41, 5.74) is 3.40. The molecule has 0 aromatic heterocycles. The molecule has 0 radical (unpaired) electrons. The lowest BCUT2D eigenvalue weighted by Crippen LogP contribution is -2.05. The van der Waals surface area contributed by atoms with Gasteiger partial charge < -0.3 is 0 Å². The highest BCUT2D eigenvalue weighted by molar-refractivity contribution is 5.39. The summed E-state index contributed by atoms with van der Waals surface area (Å²) in [7, 11) is 0. The van der Waals surface area contributed by atoms with E-state index in [9.17, 15) is 0 Å². The zero-order valence-electron chi connectivity index (χ0n) is 17.4. The molecule has 2 unspecified atom stereocenters. The predicted octanol–water partition coefficient (Wildman–Crippen LogP) is 7.60. The molecule has 0 saturated carbocycles. The zero-order valence-corrected chi connectivity index (χ0v) is 17.4. The standard InChI is InChI=1S/C22H40.CHNO/c1-6-10-12-19(8-3)16-21-14-18(5)15-22(21)17-20(9-4)13-11-7-2;2-1-3/h14-15,18-20H,6-13,16-17H2,1-5H3;2H. The Morgan fingerprint density at radius 2 is 1.28 bits per heavy atom. The first kappa shape index (κ1) is 23.9. The molecular formula is C23H41NO. The quantitative estimate of drug-likeness (QED) is 0.286. The van der Waals surface area contributed by atoms with Crippen molar-refractivity contribution in [2.24, 2.45) is 17.8 Å². The first-order valence-electron chi connectivity index (χ1n) is 10.5. The molecule has 25 heavy (non-hydrogen) atoms. The van der Waals surface area contributed by atoms with Crippen molar-refractivity contribution in [3.05, 3.63) is 23.3 Å². The molecule has 1 rings (SSSR count). The molecule has 0 fully saturated rings. The van der Waals surface area contributed by atoms with Gasteiger partial charge in [-0.15, -0.1) is 0 Å². The minimum atomic E-state index is 0.664. The summed E-state index contributed by atoms with van der Waals surface area (Å²) < 4.78 is 0. The van der Waals surface area contributed by atoms with Gasteiger partial charge in [0.25, 0.3) is 0 Å². The number of hydrogen-bond donors (Lipinski definition) is 1. The van der Waals surface area contributed by atoms with E-state index in [4.69, 9.17) is 10.2 Å². The summed E-state index contributed by atoms with van der Waals surface area (Å²) in [5.74, 6) is 2.46. The molecule has 0 aromatic rings. The molecule has 0 spiro atoms. The van der Waals surface area contributed by atoms with Gasteiger partial charge in [-0.1, -0.05) is 98.1 Å². The third-order valence-electron chi connectivity index (χ3n) is 5.44. The number of carbonyl (C=O) groups excluding carboxylic acids is 1. The van der Waals surface area contributed by atoms with Crippen LogP contribution < -0.4 is 0 Å². The van der Waals surface area contributed by atoms with E-state index < -0.39 is 0 Å². The Hall–Kier alpha value is -1.14. The summed E-state index contributed by atoms with van der Waals surface area (Å²) in [6.45, 7) is 11.7. The van der Waals surface area contributed by atoms with E-state index in [0.29, 0.717) is 5.92 Å². The molecule has 2 heteroatoms. The number of unbranched alkanes of at least 4 members (excludes halogenated alkanes) is 2. The third kappa shape index (κ3) is 10.4. The molecule has 0 aromatic carbocycles. The van der Waals surface area contributed by atoms with E-state index >= 15 is 0 Å². The Morgan fingerprint density at radius 3 is 1.56 bits per heavy atom. The summed E-state index contributed by atoms with van der Waals surface area (Å²) >= 11 is 0. The minimum absolute atomic E-state index is 0.664. The first-order chi connectivity index (χ1) is 12.1. The monoisotopic (exact) mass is 347 g/mol. The van der Waals surface area contributed by atoms with Gasteiger partial charge in [-0.3, -0.25) is 0 Å². The fraction of sp³-hybridized carbons (Fsp3) is 0.783. The van der Waals surface area contributed by atoms with Crippen molar-refractivity contribution >= 4 is 6.08 Å². The lowest BCUT2D eigenvalue weighted by molar-refractivity contribution is 0.433. The number of rotatable bonds is 12. The largest absolute Gasteiger partial charge is 0.231 e. The normalized spacial score (nSPS) is 18.5. The highest BCUT2D eigenvalue weighted by atomic mass is 16.1. The van der Waals surface area contributed by atoms with E-state index in [1.165, 1.54) is 64.2 Å². The summed E-state index contributed by atoms with van der Waals surface area (Å²) in [5, 5.41) is 5.40. The highest BCUT2D eigenvalue weighted by Gasteiger charge is 2.20. The lowest BCUT2D eigenvalue weighted by atomic mass is 9.85. The maximum absolute atomic E-state index is 8.35. The second kappa shape index (κ2) is 15.1. The third-order valence-corrected chi connectivity index (χ3v) is 5.44. The van der Waals surface area contributed by atoms with Gasteiger partial charge in [-0.05, 0) is 41.7 Å². The van der Waals surface area contributed by atoms with Crippen LogP contribution in [0.15, 0.2) is 23.3 Å². The highest BCUT2D eigenvalue weighted by Crippen LogP contribution is 2.36. The molecule has 1 aliphatic carbocycles. The van der Waals surface area contributed by atoms with Crippen LogP contribution in [0.4, 0.5) is 0 Å². The Balaban J connectivity index is 0.00000178. The number of hydrogen-bond acceptors (Lipinski definition) is 2. The van der Waals surface area contributed by atoms with E-state index in [-0.39, 0.29) is 0 Å². The van der Waals surface area contributed by atoms with Gasteiger partial charge in [-0.2, -0.15) is 0 Å². The number of allylic oxidation sites excluding steroid dienone is 4. The average molecular weight is 348 g/mol. The molecule has 1 aliphatic rings. The molecule has 0 saturated heterocycles. The second-order valence-electron chi connectivity index (χ2n) is 7.59. The van der Waals surface area contributed by atoms with Crippen LogP contribution in [-0.4, -0.2) is 6.08 Å². The molecule has 144 valence electrons. The van der Waals surface area contributed by atoms with Crippen LogP contribution in [0.25, 0.3) is 0 Å². The van der Waals surface area contributed by atoms with Crippen LogP contribution in [0, 0.1) is 23.2 Å². The SMILES string of the molecule is CCCCC(CC)CC1=CC(C)C=C1CC(CC)CCCC.N=C=O. The van der Waals surface area contributed by atoms with Gasteiger partial charge in [0.15, 0.2) is 0 Å². The van der Waals surface area contributed by atoms with Crippen molar-refractivity contribution in [3.8, 4) is 0 Å². The predicted molar refractivity (Wildman–Crippen MR) is 110 cm³/mol. The molecule has 1 N–H and O–H groups in total. The van der Waals surface area contributed by atoms with Crippen molar-refractivity contribution in [1.29, 1.82) is 5.41 Å². The fourth-order valence-electron chi connectivity index (χ4n) is 3.80. The van der Waals surface area contributed by atoms with E-state index in [2.05, 4.69) is 46.8 Å². The van der Waals surface area contributed by atoms with Crippen LogP contribution in [0.3, 0.4) is 0 Å². The van der Waals surface area contributed by atoms with Crippen molar-refractivity contribution in [2.45, 2.75) is 98.8 Å². The molecule has 2 atom stereocenters. The average Bonchev–Trinajstić information content (AvgIpc) is 2.94. The van der Waals surface area contributed by atoms with Crippen LogP contribution >= 0.6 is 0 Å². The van der Waals surface area contributed by atoms with Crippen LogP contribution in [0.1, 0.15) is 98.8 Å². The lowest BCUT2D eigenvalue weighted by Gasteiger charge is -2.20. The van der Waals surface area contributed by atoms with Gasteiger partial charge in [0.2, 0.25) is 6.08 Å². The van der Waals surface area contributed by atoms with Crippen molar-refractivity contribution < 1.29 is 4.79 Å². The Morgan fingerprint density at radius 1 is 0.920 bits per heavy atom. The maximum atomic E-state index is 8.35. The molecule has 0 aliphatic heterocycles. The fourth-order valence-corrected chi connectivity index (χ4v) is 3.80. The second-order valence-corrected chi connectivity index (χ2v) is 7.59. The molecule has 2 nitrogen and oxygen atoms in total. The van der Waals surface area contributed by atoms with Crippen molar-refractivity contribution in [2.75, 3.05) is 0 Å². The van der Waals surface area contributed by atoms with Gasteiger partial charge in [0.1, 0.15) is 0 Å². The summed E-state index contributed by atoms with van der Waals surface area (Å²) in [6.07, 6.45) is 19.5. The first-order valence-corrected chi connectivity index (χ1v) is 10.5. The Kier molecular flexibility index (Phi) is 14.5. The van der Waals surface area contributed by atoms with Gasteiger partial charge in [0.05, 0.1) is 0 Å². The molecular weight excluding hydrogens is 306 g/mol. The number of isocyanates is 1. The van der Waals surface area contributed by atoms with E-state index in [1.807, 2.05) is 0 Å². The summed E-state index contributed by atoms with van der Waals surface area (Å²) in [6, 6.07) is 0. The van der Waals surface area contributed by atoms with Gasteiger partial charge >= 0.3 is 0 Å². The van der Waals surface area contributed by atoms with Crippen LogP contribution in [-0.2, 0) is 4.79 Å². The zero-order chi connectivity index (χ0) is 19.1. The van der Waals surface area contributed by atoms with Crippen LogP contribution in [0.5, 0.6) is 0 Å². The van der Waals surface area contributed by atoms with Crippen LogP contribution in [0.2, 0.25) is 0 Å². The van der Waals surface area contributed by atoms with Gasteiger partial charge in [0, 0.05) is 0 Å².